The fraction of sp³-hybridized carbons (Fsp3) is 0.300. The third kappa shape index (κ3) is 2.34. The summed E-state index contributed by atoms with van der Waals surface area (Å²) in [6.45, 7) is 3.30. The van der Waals surface area contributed by atoms with Gasteiger partial charge < -0.3 is 9.47 Å². The zero-order chi connectivity index (χ0) is 14.9. The zero-order valence-electron chi connectivity index (χ0n) is 13.1. The number of hydrogen-bond donors (Lipinski definition) is 0. The van der Waals surface area contributed by atoms with E-state index in [0.29, 0.717) is 0 Å². The number of fused-ring (bicyclic) bond motifs is 3. The van der Waals surface area contributed by atoms with Gasteiger partial charge in [-0.3, -0.25) is 0 Å². The number of hydrogen-bond acceptors (Lipinski definition) is 1. The Morgan fingerprint density at radius 2 is 1.73 bits per heavy atom. The van der Waals surface area contributed by atoms with Crippen LogP contribution in [0.4, 0.5) is 0 Å². The van der Waals surface area contributed by atoms with Gasteiger partial charge in [-0.15, -0.1) is 0 Å². The summed E-state index contributed by atoms with van der Waals surface area (Å²) in [6.07, 6.45) is 2.26. The van der Waals surface area contributed by atoms with Crippen molar-refractivity contribution in [3.63, 3.8) is 0 Å². The van der Waals surface area contributed by atoms with Crippen molar-refractivity contribution in [1.82, 2.24) is 9.47 Å². The molecule has 4 rings (SSSR count). The monoisotopic (exact) mass is 290 g/mol. The van der Waals surface area contributed by atoms with Crippen molar-refractivity contribution in [2.45, 2.75) is 25.9 Å². The molecule has 2 heterocycles. The smallest absolute Gasteiger partial charge is 0.0485 e. The molecule has 1 aliphatic heterocycles. The standard InChI is InChI=1S/C20H22N2/c1-21-13-12-18-17-9-5-6-10-19(17)22(20(18)15-21)14-11-16-7-3-2-4-8-16/h2-10H,11-15H2,1H3. The minimum atomic E-state index is 1.06. The molecule has 0 saturated heterocycles. The first-order chi connectivity index (χ1) is 10.8. The van der Waals surface area contributed by atoms with Gasteiger partial charge in [-0.2, -0.15) is 0 Å². The van der Waals surface area contributed by atoms with Gasteiger partial charge in [-0.25, -0.2) is 0 Å². The number of rotatable bonds is 3. The van der Waals surface area contributed by atoms with Gasteiger partial charge in [0.05, 0.1) is 0 Å². The predicted octanol–water partition coefficient (Wildman–Crippen LogP) is 3.87. The number of aryl methyl sites for hydroxylation is 2. The molecular formula is C20H22N2. The van der Waals surface area contributed by atoms with Gasteiger partial charge in [0.15, 0.2) is 0 Å². The molecule has 0 atom stereocenters. The largest absolute Gasteiger partial charge is 0.343 e. The third-order valence-corrected chi connectivity index (χ3v) is 4.82. The highest BCUT2D eigenvalue weighted by atomic mass is 15.1. The van der Waals surface area contributed by atoms with Gasteiger partial charge in [0.1, 0.15) is 0 Å². The lowest BCUT2D eigenvalue weighted by Gasteiger charge is -2.24. The molecule has 2 nitrogen and oxygen atoms in total. The van der Waals surface area contributed by atoms with Crippen molar-refractivity contribution in [3.8, 4) is 0 Å². The minimum absolute atomic E-state index is 1.06. The number of benzene rings is 2. The Bertz CT molecular complexity index is 786. The van der Waals surface area contributed by atoms with E-state index in [1.165, 1.54) is 35.1 Å². The Balaban J connectivity index is 1.74. The molecule has 0 saturated carbocycles. The lowest BCUT2D eigenvalue weighted by atomic mass is 10.0. The van der Waals surface area contributed by atoms with Crippen LogP contribution < -0.4 is 0 Å². The Labute approximate surface area is 132 Å². The van der Waals surface area contributed by atoms with Crippen molar-refractivity contribution < 1.29 is 0 Å². The molecular weight excluding hydrogens is 268 g/mol. The van der Waals surface area contributed by atoms with E-state index in [9.17, 15) is 0 Å². The van der Waals surface area contributed by atoms with E-state index in [1.807, 2.05) is 0 Å². The topological polar surface area (TPSA) is 8.17 Å². The van der Waals surface area contributed by atoms with E-state index in [-0.39, 0.29) is 0 Å². The highest BCUT2D eigenvalue weighted by Crippen LogP contribution is 2.30. The summed E-state index contributed by atoms with van der Waals surface area (Å²) >= 11 is 0. The van der Waals surface area contributed by atoms with Gasteiger partial charge >= 0.3 is 0 Å². The number of nitrogens with zero attached hydrogens (tertiary/aromatic N) is 2. The fourth-order valence-electron chi connectivity index (χ4n) is 3.67. The quantitative estimate of drug-likeness (QED) is 0.711. The lowest BCUT2D eigenvalue weighted by molar-refractivity contribution is 0.303. The summed E-state index contributed by atoms with van der Waals surface area (Å²) in [7, 11) is 2.22. The van der Waals surface area contributed by atoms with Gasteiger partial charge in [-0.1, -0.05) is 48.5 Å². The molecule has 2 heteroatoms. The average Bonchev–Trinajstić information content (AvgIpc) is 2.87. The maximum Gasteiger partial charge on any atom is 0.0485 e. The Kier molecular flexibility index (Phi) is 3.47. The van der Waals surface area contributed by atoms with Gasteiger partial charge in [0.2, 0.25) is 0 Å². The predicted molar refractivity (Wildman–Crippen MR) is 92.1 cm³/mol. The van der Waals surface area contributed by atoms with E-state index in [1.54, 1.807) is 5.56 Å². The Hall–Kier alpha value is -2.06. The van der Waals surface area contributed by atoms with Crippen LogP contribution in [-0.4, -0.2) is 23.1 Å². The van der Waals surface area contributed by atoms with Crippen LogP contribution in [0, 0.1) is 0 Å². The van der Waals surface area contributed by atoms with Crippen molar-refractivity contribution in [2.24, 2.45) is 0 Å². The Morgan fingerprint density at radius 3 is 2.59 bits per heavy atom. The first-order valence-electron chi connectivity index (χ1n) is 8.14. The molecule has 0 spiro atoms. The van der Waals surface area contributed by atoms with Crippen LogP contribution in [-0.2, 0) is 25.9 Å². The molecule has 0 bridgehead atoms. The van der Waals surface area contributed by atoms with Crippen LogP contribution in [0.3, 0.4) is 0 Å². The number of aromatic nitrogens is 1. The molecule has 3 aromatic rings. The summed E-state index contributed by atoms with van der Waals surface area (Å²) in [5.74, 6) is 0. The molecule has 112 valence electrons. The summed E-state index contributed by atoms with van der Waals surface area (Å²) in [6, 6.07) is 19.7. The fourth-order valence-corrected chi connectivity index (χ4v) is 3.67. The second-order valence-electron chi connectivity index (χ2n) is 6.32. The van der Waals surface area contributed by atoms with Crippen molar-refractivity contribution in [1.29, 1.82) is 0 Å². The molecule has 0 aliphatic carbocycles. The molecule has 1 aromatic heterocycles. The summed E-state index contributed by atoms with van der Waals surface area (Å²) < 4.78 is 2.55. The van der Waals surface area contributed by atoms with Crippen LogP contribution in [0.25, 0.3) is 10.9 Å². The summed E-state index contributed by atoms with van der Waals surface area (Å²) in [5, 5.41) is 1.46. The number of likely N-dealkylation sites (N-methyl/N-ethyl adjacent to an activating group) is 1. The van der Waals surface area contributed by atoms with E-state index >= 15 is 0 Å². The van der Waals surface area contributed by atoms with Crippen LogP contribution in [0.1, 0.15) is 16.8 Å². The van der Waals surface area contributed by atoms with Crippen LogP contribution in [0.15, 0.2) is 54.6 Å². The van der Waals surface area contributed by atoms with Gasteiger partial charge in [0, 0.05) is 36.2 Å². The molecule has 22 heavy (non-hydrogen) atoms. The van der Waals surface area contributed by atoms with E-state index in [0.717, 1.165) is 19.5 Å². The Morgan fingerprint density at radius 1 is 0.955 bits per heavy atom. The molecule has 0 N–H and O–H groups in total. The van der Waals surface area contributed by atoms with E-state index < -0.39 is 0 Å². The molecule has 2 aromatic carbocycles. The van der Waals surface area contributed by atoms with Crippen LogP contribution >= 0.6 is 0 Å². The van der Waals surface area contributed by atoms with Gasteiger partial charge in [-0.05, 0) is 37.1 Å². The maximum atomic E-state index is 2.55. The highest BCUT2D eigenvalue weighted by Gasteiger charge is 2.21. The van der Waals surface area contributed by atoms with Crippen molar-refractivity contribution >= 4 is 10.9 Å². The van der Waals surface area contributed by atoms with Gasteiger partial charge in [0.25, 0.3) is 0 Å². The zero-order valence-corrected chi connectivity index (χ0v) is 13.1. The van der Waals surface area contributed by atoms with E-state index in [2.05, 4.69) is 71.1 Å². The average molecular weight is 290 g/mol. The molecule has 0 unspecified atom stereocenters. The first kappa shape index (κ1) is 13.6. The maximum absolute atomic E-state index is 2.55. The van der Waals surface area contributed by atoms with Crippen molar-refractivity contribution in [2.75, 3.05) is 13.6 Å². The normalized spacial score (nSPS) is 15.1. The minimum Gasteiger partial charge on any atom is -0.343 e. The second kappa shape index (κ2) is 5.62. The SMILES string of the molecule is CN1CCc2c(n(CCc3ccccc3)c3ccccc23)C1. The molecule has 0 amide bonds. The molecule has 1 aliphatic rings. The number of para-hydroxylation sites is 1. The van der Waals surface area contributed by atoms with Crippen LogP contribution in [0.2, 0.25) is 0 Å². The second-order valence-corrected chi connectivity index (χ2v) is 6.32. The molecule has 0 radical (unpaired) electrons. The highest BCUT2D eigenvalue weighted by molar-refractivity contribution is 5.85. The first-order valence-corrected chi connectivity index (χ1v) is 8.14. The van der Waals surface area contributed by atoms with Crippen LogP contribution in [0.5, 0.6) is 0 Å². The van der Waals surface area contributed by atoms with E-state index in [4.69, 9.17) is 0 Å². The molecule has 0 fully saturated rings. The summed E-state index contributed by atoms with van der Waals surface area (Å²) in [4.78, 5) is 2.43. The third-order valence-electron chi connectivity index (χ3n) is 4.82. The van der Waals surface area contributed by atoms with Crippen molar-refractivity contribution in [3.05, 3.63) is 71.4 Å². The lowest BCUT2D eigenvalue weighted by Crippen LogP contribution is -2.28. The summed E-state index contributed by atoms with van der Waals surface area (Å²) in [5.41, 5.74) is 5.91.